The molecule has 1 N–H and O–H groups in total. The average Bonchev–Trinajstić information content (AvgIpc) is 2.97. The Kier molecular flexibility index (Phi) is 31.7. The van der Waals surface area contributed by atoms with Gasteiger partial charge in [0.2, 0.25) is 0 Å². The van der Waals surface area contributed by atoms with E-state index in [4.69, 9.17) is 9.84 Å². The van der Waals surface area contributed by atoms with E-state index in [2.05, 4.69) is 55.5 Å². The Labute approximate surface area is 260 Å². The van der Waals surface area contributed by atoms with E-state index in [0.29, 0.717) is 13.0 Å². The highest BCUT2D eigenvalue weighted by atomic mass is 16.5. The van der Waals surface area contributed by atoms with Crippen molar-refractivity contribution >= 4 is 11.9 Å². The minimum Gasteiger partial charge on any atom is -0.481 e. The molecule has 0 aliphatic heterocycles. The summed E-state index contributed by atoms with van der Waals surface area (Å²) in [5.74, 6) is -0.608. The summed E-state index contributed by atoms with van der Waals surface area (Å²) in [5, 5.41) is 8.64. The number of unbranched alkanes of at least 4 members (excludes halogenated alkanes) is 15. The molecule has 242 valence electrons. The largest absolute Gasteiger partial charge is 0.481 e. The lowest BCUT2D eigenvalue weighted by molar-refractivity contribution is -0.148. The Morgan fingerprint density at radius 3 is 1.40 bits per heavy atom. The van der Waals surface area contributed by atoms with Crippen LogP contribution in [0.3, 0.4) is 0 Å². The standard InChI is InChI=1S/C38H66O4/c1-3-5-6-7-8-9-10-11-15-18-21-24-27-30-33-36(38(41)42-4-2)34-31-28-25-22-19-16-13-12-14-17-20-23-26-29-32-35-37(39)40/h8-9,11-12,14-16,19,36H,3-7,10,13,17-18,20-35H2,1-2H3,(H,39,40). The molecule has 0 heterocycles. The third-order valence-corrected chi connectivity index (χ3v) is 7.66. The molecule has 0 bridgehead atoms. The molecular formula is C38H66O4. The summed E-state index contributed by atoms with van der Waals surface area (Å²) in [6, 6.07) is 0. The molecule has 0 aliphatic carbocycles. The number of carboxylic acids is 1. The van der Waals surface area contributed by atoms with Gasteiger partial charge in [-0.3, -0.25) is 9.59 Å². The summed E-state index contributed by atoms with van der Waals surface area (Å²) in [5.41, 5.74) is 0. The molecule has 0 aromatic rings. The second-order valence-corrected chi connectivity index (χ2v) is 11.6. The highest BCUT2D eigenvalue weighted by Crippen LogP contribution is 2.20. The number of rotatable bonds is 31. The molecule has 4 nitrogen and oxygen atoms in total. The van der Waals surface area contributed by atoms with Gasteiger partial charge in [-0.15, -0.1) is 0 Å². The highest BCUT2D eigenvalue weighted by Gasteiger charge is 2.18. The third kappa shape index (κ3) is 30.8. The highest BCUT2D eigenvalue weighted by molar-refractivity contribution is 5.72. The van der Waals surface area contributed by atoms with Crippen LogP contribution in [0, 0.1) is 5.92 Å². The Bertz CT molecular complexity index is 719. The smallest absolute Gasteiger partial charge is 0.308 e. The van der Waals surface area contributed by atoms with Crippen LogP contribution >= 0.6 is 0 Å². The molecule has 0 aromatic heterocycles. The number of carboxylic acid groups (broad SMARTS) is 1. The molecule has 0 aromatic carbocycles. The van der Waals surface area contributed by atoms with Gasteiger partial charge in [-0.2, -0.15) is 0 Å². The first kappa shape index (κ1) is 39.9. The van der Waals surface area contributed by atoms with Crippen molar-refractivity contribution in [2.75, 3.05) is 6.61 Å². The number of esters is 1. The molecule has 0 rings (SSSR count). The van der Waals surface area contributed by atoms with Crippen molar-refractivity contribution < 1.29 is 19.4 Å². The predicted octanol–water partition coefficient (Wildman–Crippen LogP) is 11.9. The fourth-order valence-electron chi connectivity index (χ4n) is 5.07. The number of carbonyl (C=O) groups is 2. The van der Waals surface area contributed by atoms with Crippen molar-refractivity contribution in [2.24, 2.45) is 5.92 Å². The van der Waals surface area contributed by atoms with E-state index in [0.717, 1.165) is 77.0 Å². The van der Waals surface area contributed by atoms with E-state index in [1.165, 1.54) is 70.6 Å². The fourth-order valence-corrected chi connectivity index (χ4v) is 5.07. The van der Waals surface area contributed by atoms with Crippen LogP contribution in [0.25, 0.3) is 0 Å². The van der Waals surface area contributed by atoms with Gasteiger partial charge in [0, 0.05) is 6.42 Å². The minimum atomic E-state index is -0.684. The molecule has 0 saturated heterocycles. The Hall–Kier alpha value is -2.10. The van der Waals surface area contributed by atoms with Crippen LogP contribution in [0.5, 0.6) is 0 Å². The van der Waals surface area contributed by atoms with Gasteiger partial charge in [0.1, 0.15) is 0 Å². The molecule has 0 spiro atoms. The van der Waals surface area contributed by atoms with Crippen molar-refractivity contribution in [3.63, 3.8) is 0 Å². The quantitative estimate of drug-likeness (QED) is 0.0498. The second-order valence-electron chi connectivity index (χ2n) is 11.6. The summed E-state index contributed by atoms with van der Waals surface area (Å²) in [7, 11) is 0. The number of carbonyl (C=O) groups excluding carboxylic acids is 1. The normalized spacial score (nSPS) is 12.8. The van der Waals surface area contributed by atoms with E-state index in [9.17, 15) is 9.59 Å². The van der Waals surface area contributed by atoms with Crippen molar-refractivity contribution in [3.05, 3.63) is 48.6 Å². The van der Waals surface area contributed by atoms with Crippen molar-refractivity contribution in [3.8, 4) is 0 Å². The fraction of sp³-hybridized carbons (Fsp3) is 0.737. The van der Waals surface area contributed by atoms with Crippen LogP contribution in [0.15, 0.2) is 48.6 Å². The van der Waals surface area contributed by atoms with E-state index >= 15 is 0 Å². The lowest BCUT2D eigenvalue weighted by Gasteiger charge is -2.15. The first-order valence-electron chi connectivity index (χ1n) is 17.6. The van der Waals surface area contributed by atoms with Gasteiger partial charge in [-0.25, -0.2) is 0 Å². The van der Waals surface area contributed by atoms with Crippen LogP contribution in [0.4, 0.5) is 0 Å². The van der Waals surface area contributed by atoms with Gasteiger partial charge in [0.15, 0.2) is 0 Å². The van der Waals surface area contributed by atoms with Gasteiger partial charge < -0.3 is 9.84 Å². The number of aliphatic carboxylic acids is 1. The first-order valence-corrected chi connectivity index (χ1v) is 17.6. The zero-order chi connectivity index (χ0) is 30.8. The Morgan fingerprint density at radius 2 is 0.952 bits per heavy atom. The molecule has 4 heteroatoms. The zero-order valence-electron chi connectivity index (χ0n) is 27.5. The minimum absolute atomic E-state index is 0.00745. The van der Waals surface area contributed by atoms with Gasteiger partial charge in [0.25, 0.3) is 0 Å². The van der Waals surface area contributed by atoms with Gasteiger partial charge in [-0.1, -0.05) is 120 Å². The maximum Gasteiger partial charge on any atom is 0.308 e. The van der Waals surface area contributed by atoms with Crippen molar-refractivity contribution in [1.29, 1.82) is 0 Å². The van der Waals surface area contributed by atoms with E-state index < -0.39 is 5.97 Å². The number of hydrogen-bond acceptors (Lipinski definition) is 3. The maximum absolute atomic E-state index is 12.4. The molecule has 0 radical (unpaired) electrons. The summed E-state index contributed by atoms with van der Waals surface area (Å²) in [6.07, 6.45) is 44.7. The lowest BCUT2D eigenvalue weighted by Crippen LogP contribution is -2.18. The molecule has 0 saturated carbocycles. The summed E-state index contributed by atoms with van der Waals surface area (Å²) < 4.78 is 5.37. The number of hydrogen-bond donors (Lipinski definition) is 1. The second kappa shape index (κ2) is 33.4. The predicted molar refractivity (Wildman–Crippen MR) is 181 cm³/mol. The van der Waals surface area contributed by atoms with Crippen LogP contribution in [-0.4, -0.2) is 23.7 Å². The third-order valence-electron chi connectivity index (χ3n) is 7.66. The SMILES string of the molecule is CCCCCC=CCC=CCCCCCCC(CCCCCC=CCC=CCCCCCCCC(=O)O)C(=O)OCC. The van der Waals surface area contributed by atoms with E-state index in [1.54, 1.807) is 0 Å². The summed E-state index contributed by atoms with van der Waals surface area (Å²) >= 11 is 0. The average molecular weight is 587 g/mol. The van der Waals surface area contributed by atoms with Crippen LogP contribution < -0.4 is 0 Å². The molecule has 42 heavy (non-hydrogen) atoms. The summed E-state index contributed by atoms with van der Waals surface area (Å²) in [4.78, 5) is 22.9. The van der Waals surface area contributed by atoms with Crippen molar-refractivity contribution in [1.82, 2.24) is 0 Å². The maximum atomic E-state index is 12.4. The lowest BCUT2D eigenvalue weighted by atomic mass is 9.94. The van der Waals surface area contributed by atoms with Gasteiger partial charge >= 0.3 is 11.9 Å². The monoisotopic (exact) mass is 586 g/mol. The molecule has 0 fully saturated rings. The first-order chi connectivity index (χ1) is 20.6. The zero-order valence-corrected chi connectivity index (χ0v) is 27.5. The summed E-state index contributed by atoms with van der Waals surface area (Å²) in [6.45, 7) is 4.63. The molecular weight excluding hydrogens is 520 g/mol. The van der Waals surface area contributed by atoms with Gasteiger partial charge in [0.05, 0.1) is 12.5 Å². The van der Waals surface area contributed by atoms with E-state index in [-0.39, 0.29) is 11.9 Å². The molecule has 1 unspecified atom stereocenters. The topological polar surface area (TPSA) is 63.6 Å². The molecule has 0 aliphatic rings. The number of ether oxygens (including phenoxy) is 1. The van der Waals surface area contributed by atoms with Crippen LogP contribution in [0.2, 0.25) is 0 Å². The molecule has 0 amide bonds. The Morgan fingerprint density at radius 1 is 0.548 bits per heavy atom. The van der Waals surface area contributed by atoms with Crippen LogP contribution in [0.1, 0.15) is 168 Å². The van der Waals surface area contributed by atoms with Crippen LogP contribution in [-0.2, 0) is 14.3 Å². The number of allylic oxidation sites excluding steroid dienone is 8. The van der Waals surface area contributed by atoms with Crippen molar-refractivity contribution in [2.45, 2.75) is 168 Å². The van der Waals surface area contributed by atoms with E-state index in [1.807, 2.05) is 6.92 Å². The molecule has 1 atom stereocenters. The van der Waals surface area contributed by atoms with Gasteiger partial charge in [-0.05, 0) is 90.4 Å². The Balaban J connectivity index is 3.80.